The summed E-state index contributed by atoms with van der Waals surface area (Å²) >= 11 is 0. The monoisotopic (exact) mass is 281 g/mol. The highest BCUT2D eigenvalue weighted by atomic mass is 16.6. The number of likely N-dealkylation sites (tertiary alicyclic amines) is 1. The van der Waals surface area contributed by atoms with Gasteiger partial charge in [-0.1, -0.05) is 10.2 Å². The van der Waals surface area contributed by atoms with Gasteiger partial charge < -0.3 is 9.64 Å². The standard InChI is InChI=1S/C11H19N7O2/c1-11(2,3)20-10(19)18-6-4-5-8(14-16-12)9(7-18)15-17-13/h8-9H,4-7H2,1-3H3/t8-,9+/m0/s1. The fourth-order valence-electron chi connectivity index (χ4n) is 2.00. The van der Waals surface area contributed by atoms with E-state index in [0.717, 1.165) is 0 Å². The van der Waals surface area contributed by atoms with Gasteiger partial charge in [0.1, 0.15) is 5.60 Å². The Labute approximate surface area is 117 Å². The molecule has 1 rings (SSSR count). The molecule has 0 aromatic carbocycles. The van der Waals surface area contributed by atoms with Crippen LogP contribution in [0.3, 0.4) is 0 Å². The molecule has 0 bridgehead atoms. The van der Waals surface area contributed by atoms with Crippen molar-refractivity contribution in [3.05, 3.63) is 20.9 Å². The van der Waals surface area contributed by atoms with Gasteiger partial charge in [0, 0.05) is 29.0 Å². The lowest BCUT2D eigenvalue weighted by Crippen LogP contribution is -2.41. The molecule has 0 aromatic heterocycles. The van der Waals surface area contributed by atoms with E-state index in [1.54, 1.807) is 20.8 Å². The molecule has 1 heterocycles. The first kappa shape index (κ1) is 15.9. The lowest BCUT2D eigenvalue weighted by atomic mass is 10.1. The number of carbonyl (C=O) groups excluding carboxylic acids is 1. The van der Waals surface area contributed by atoms with Crippen LogP contribution in [0.25, 0.3) is 20.9 Å². The Kier molecular flexibility index (Phi) is 5.49. The third-order valence-corrected chi connectivity index (χ3v) is 2.83. The predicted molar refractivity (Wildman–Crippen MR) is 72.9 cm³/mol. The molecule has 9 heteroatoms. The van der Waals surface area contributed by atoms with Crippen molar-refractivity contribution in [2.75, 3.05) is 13.1 Å². The van der Waals surface area contributed by atoms with Gasteiger partial charge in [-0.2, -0.15) is 0 Å². The first-order valence-corrected chi connectivity index (χ1v) is 6.43. The van der Waals surface area contributed by atoms with Crippen LogP contribution in [0.15, 0.2) is 10.2 Å². The molecule has 0 N–H and O–H groups in total. The van der Waals surface area contributed by atoms with E-state index in [-0.39, 0.29) is 6.54 Å². The molecule has 0 aromatic rings. The third kappa shape index (κ3) is 4.87. The molecule has 1 aliphatic heterocycles. The van der Waals surface area contributed by atoms with Crippen molar-refractivity contribution in [3.8, 4) is 0 Å². The smallest absolute Gasteiger partial charge is 0.410 e. The van der Waals surface area contributed by atoms with Crippen LogP contribution in [0.4, 0.5) is 4.79 Å². The molecule has 1 aliphatic rings. The summed E-state index contributed by atoms with van der Waals surface area (Å²) in [5.74, 6) is 0. The maximum absolute atomic E-state index is 12.0. The van der Waals surface area contributed by atoms with Gasteiger partial charge >= 0.3 is 6.09 Å². The van der Waals surface area contributed by atoms with Crippen LogP contribution in [0.1, 0.15) is 33.6 Å². The second-order valence-electron chi connectivity index (χ2n) is 5.61. The Bertz CT molecular complexity index is 446. The number of ether oxygens (including phenoxy) is 1. The number of rotatable bonds is 2. The molecule has 0 saturated carbocycles. The summed E-state index contributed by atoms with van der Waals surface area (Å²) in [6, 6.07) is -0.991. The second-order valence-corrected chi connectivity index (χ2v) is 5.61. The summed E-state index contributed by atoms with van der Waals surface area (Å²) < 4.78 is 5.30. The van der Waals surface area contributed by atoms with E-state index in [2.05, 4.69) is 20.1 Å². The molecule has 9 nitrogen and oxygen atoms in total. The van der Waals surface area contributed by atoms with Gasteiger partial charge in [0.25, 0.3) is 0 Å². The second kappa shape index (κ2) is 6.88. The molecule has 1 saturated heterocycles. The molecular weight excluding hydrogens is 262 g/mol. The SMILES string of the molecule is CC(C)(C)OC(=O)N1CCC[C@H](N=[N+]=[N-])[C@H](N=[N+]=[N-])C1. The molecule has 0 unspecified atom stereocenters. The van der Waals surface area contributed by atoms with Crippen molar-refractivity contribution in [1.29, 1.82) is 0 Å². The molecule has 20 heavy (non-hydrogen) atoms. The van der Waals surface area contributed by atoms with Gasteiger partial charge in [-0.15, -0.1) is 0 Å². The van der Waals surface area contributed by atoms with E-state index in [1.807, 2.05) is 0 Å². The highest BCUT2D eigenvalue weighted by Gasteiger charge is 2.30. The first-order valence-electron chi connectivity index (χ1n) is 6.43. The summed E-state index contributed by atoms with van der Waals surface area (Å²) in [5.41, 5.74) is 16.6. The summed E-state index contributed by atoms with van der Waals surface area (Å²) in [5, 5.41) is 7.29. The molecule has 0 spiro atoms. The van der Waals surface area contributed by atoms with Crippen molar-refractivity contribution in [2.45, 2.75) is 51.3 Å². The van der Waals surface area contributed by atoms with Crippen molar-refractivity contribution in [1.82, 2.24) is 4.90 Å². The predicted octanol–water partition coefficient (Wildman–Crippen LogP) is 3.38. The molecule has 1 fully saturated rings. The minimum Gasteiger partial charge on any atom is -0.444 e. The topological polar surface area (TPSA) is 127 Å². The van der Waals surface area contributed by atoms with E-state index < -0.39 is 23.8 Å². The largest absolute Gasteiger partial charge is 0.444 e. The highest BCUT2D eigenvalue weighted by Crippen LogP contribution is 2.20. The summed E-state index contributed by atoms with van der Waals surface area (Å²) in [4.78, 5) is 19.1. The minimum absolute atomic E-state index is 0.197. The number of hydrogen-bond donors (Lipinski definition) is 0. The lowest BCUT2D eigenvalue weighted by molar-refractivity contribution is 0.0249. The summed E-state index contributed by atoms with van der Waals surface area (Å²) in [6.07, 6.45) is 0.796. The van der Waals surface area contributed by atoms with Crippen LogP contribution in [0.2, 0.25) is 0 Å². The first-order chi connectivity index (χ1) is 9.37. The summed E-state index contributed by atoms with van der Waals surface area (Å²) in [7, 11) is 0. The summed E-state index contributed by atoms with van der Waals surface area (Å²) in [6.45, 7) is 6.05. The van der Waals surface area contributed by atoms with Crippen molar-refractivity contribution in [3.63, 3.8) is 0 Å². The van der Waals surface area contributed by atoms with Crippen molar-refractivity contribution >= 4 is 6.09 Å². The number of azide groups is 2. The molecular formula is C11H19N7O2. The van der Waals surface area contributed by atoms with Crippen LogP contribution in [-0.2, 0) is 4.74 Å². The zero-order chi connectivity index (χ0) is 15.2. The molecule has 2 atom stereocenters. The quantitative estimate of drug-likeness (QED) is 0.436. The van der Waals surface area contributed by atoms with E-state index >= 15 is 0 Å². The van der Waals surface area contributed by atoms with Crippen molar-refractivity contribution in [2.24, 2.45) is 10.2 Å². The van der Waals surface area contributed by atoms with E-state index in [1.165, 1.54) is 4.90 Å². The number of hydrogen-bond acceptors (Lipinski definition) is 4. The average Bonchev–Trinajstić information content (AvgIpc) is 2.51. The number of amides is 1. The average molecular weight is 281 g/mol. The molecule has 1 amide bonds. The van der Waals surface area contributed by atoms with Gasteiger partial charge in [-0.3, -0.25) is 0 Å². The molecule has 0 aliphatic carbocycles. The minimum atomic E-state index is -0.582. The van der Waals surface area contributed by atoms with Crippen LogP contribution in [0, 0.1) is 0 Å². The number of carbonyl (C=O) groups is 1. The van der Waals surface area contributed by atoms with Crippen LogP contribution < -0.4 is 0 Å². The zero-order valence-corrected chi connectivity index (χ0v) is 11.9. The number of nitrogens with zero attached hydrogens (tertiary/aromatic N) is 7. The van der Waals surface area contributed by atoms with Crippen molar-refractivity contribution < 1.29 is 9.53 Å². The maximum Gasteiger partial charge on any atom is 0.410 e. The molecule has 0 radical (unpaired) electrons. The van der Waals surface area contributed by atoms with Gasteiger partial charge in [0.2, 0.25) is 0 Å². The fourth-order valence-corrected chi connectivity index (χ4v) is 2.00. The highest BCUT2D eigenvalue weighted by molar-refractivity contribution is 5.68. The normalized spacial score (nSPS) is 23.1. The van der Waals surface area contributed by atoms with Gasteiger partial charge in [-0.05, 0) is 44.7 Å². The van der Waals surface area contributed by atoms with Gasteiger partial charge in [-0.25, -0.2) is 4.79 Å². The van der Waals surface area contributed by atoms with Crippen LogP contribution >= 0.6 is 0 Å². The Balaban J connectivity index is 2.83. The third-order valence-electron chi connectivity index (χ3n) is 2.83. The lowest BCUT2D eigenvalue weighted by Gasteiger charge is -2.27. The molecule has 110 valence electrons. The van der Waals surface area contributed by atoms with Crippen LogP contribution in [-0.4, -0.2) is 41.8 Å². The maximum atomic E-state index is 12.0. The van der Waals surface area contributed by atoms with E-state index in [4.69, 9.17) is 15.8 Å². The Morgan fingerprint density at radius 3 is 2.40 bits per heavy atom. The fraction of sp³-hybridized carbons (Fsp3) is 0.909. The van der Waals surface area contributed by atoms with E-state index in [9.17, 15) is 4.79 Å². The Hall–Kier alpha value is -2.11. The van der Waals surface area contributed by atoms with E-state index in [0.29, 0.717) is 19.4 Å². The van der Waals surface area contributed by atoms with Crippen LogP contribution in [0.5, 0.6) is 0 Å². The Morgan fingerprint density at radius 1 is 1.25 bits per heavy atom. The zero-order valence-electron chi connectivity index (χ0n) is 11.9. The van der Waals surface area contributed by atoms with Gasteiger partial charge in [0.05, 0.1) is 6.04 Å². The Morgan fingerprint density at radius 2 is 1.85 bits per heavy atom. The van der Waals surface area contributed by atoms with Gasteiger partial charge in [0.15, 0.2) is 0 Å².